The average Bonchev–Trinajstić information content (AvgIpc) is 2.98. The molecule has 3 N–H and O–H groups in total. The molecule has 2 rings (SSSR count). The first-order valence-electron chi connectivity index (χ1n) is 9.35. The molecule has 1 heterocycles. The molecular formula is C18H24FN3O7S. The van der Waals surface area contributed by atoms with Gasteiger partial charge in [-0.25, -0.2) is 27.1 Å². The highest BCUT2D eigenvalue weighted by Gasteiger charge is 2.25. The number of hydrogen-bond acceptors (Lipinski definition) is 6. The normalized spacial score (nSPS) is 14.1. The van der Waals surface area contributed by atoms with Crippen LogP contribution < -0.4 is 14.8 Å². The number of hydrogen-bond donors (Lipinski definition) is 3. The third-order valence-electron chi connectivity index (χ3n) is 4.29. The Morgan fingerprint density at radius 1 is 1.27 bits per heavy atom. The third kappa shape index (κ3) is 7.95. The van der Waals surface area contributed by atoms with Crippen LogP contribution in [0.2, 0.25) is 0 Å². The Labute approximate surface area is 173 Å². The summed E-state index contributed by atoms with van der Waals surface area (Å²) in [4.78, 5) is 34.4. The Bertz CT molecular complexity index is 892. The molecule has 1 aliphatic heterocycles. The van der Waals surface area contributed by atoms with Gasteiger partial charge in [-0.2, -0.15) is 0 Å². The molecule has 0 unspecified atom stereocenters. The molecular weight excluding hydrogens is 421 g/mol. The van der Waals surface area contributed by atoms with Gasteiger partial charge in [0.25, 0.3) is 0 Å². The van der Waals surface area contributed by atoms with Crippen molar-refractivity contribution in [2.45, 2.75) is 25.7 Å². The fourth-order valence-electron chi connectivity index (χ4n) is 2.81. The second-order valence-electron chi connectivity index (χ2n) is 6.75. The molecule has 0 bridgehead atoms. The molecule has 1 aliphatic rings. The summed E-state index contributed by atoms with van der Waals surface area (Å²) in [5.74, 6) is -2.55. The van der Waals surface area contributed by atoms with Gasteiger partial charge in [0, 0.05) is 13.1 Å². The van der Waals surface area contributed by atoms with Crippen LogP contribution >= 0.6 is 0 Å². The molecule has 1 fully saturated rings. The van der Waals surface area contributed by atoms with E-state index in [0.29, 0.717) is 31.4 Å². The molecule has 1 aromatic rings. The maximum atomic E-state index is 13.6. The molecule has 0 radical (unpaired) electrons. The molecule has 0 spiro atoms. The molecule has 10 nitrogen and oxygen atoms in total. The van der Waals surface area contributed by atoms with Crippen molar-refractivity contribution in [1.82, 2.24) is 14.9 Å². The van der Waals surface area contributed by atoms with Gasteiger partial charge >= 0.3 is 12.0 Å². The summed E-state index contributed by atoms with van der Waals surface area (Å²) in [7, 11) is -3.49. The van der Waals surface area contributed by atoms with Gasteiger partial charge < -0.3 is 14.7 Å². The standard InChI is InChI=1S/C18H24FN3O7S/c19-14-5-4-13(10-15(14)29-12-17(24)25)6-7-20-30(27,28)9-3-1-2-8-22-11-16(23)21-18(22)26/h4-5,10,20H,1-3,6-9,11-12H2,(H,24,25)(H,21,23,26). The second-order valence-corrected chi connectivity index (χ2v) is 8.67. The van der Waals surface area contributed by atoms with E-state index in [9.17, 15) is 27.2 Å². The van der Waals surface area contributed by atoms with Crippen LogP contribution in [0.1, 0.15) is 24.8 Å². The van der Waals surface area contributed by atoms with E-state index in [2.05, 4.69) is 10.0 Å². The number of halogens is 1. The van der Waals surface area contributed by atoms with E-state index in [1.807, 2.05) is 0 Å². The van der Waals surface area contributed by atoms with Gasteiger partial charge in [-0.1, -0.05) is 12.5 Å². The highest BCUT2D eigenvalue weighted by molar-refractivity contribution is 7.89. The monoisotopic (exact) mass is 445 g/mol. The Balaban J connectivity index is 1.67. The highest BCUT2D eigenvalue weighted by atomic mass is 32.2. The number of carboxylic acids is 1. The van der Waals surface area contributed by atoms with Gasteiger partial charge in [-0.05, 0) is 37.0 Å². The fraction of sp³-hybridized carbons (Fsp3) is 0.500. The molecule has 0 aromatic heterocycles. The number of benzene rings is 1. The molecule has 166 valence electrons. The minimum absolute atomic E-state index is 0.0329. The van der Waals surface area contributed by atoms with Crippen molar-refractivity contribution in [3.8, 4) is 5.75 Å². The number of aliphatic carboxylic acids is 1. The molecule has 1 aromatic carbocycles. The highest BCUT2D eigenvalue weighted by Crippen LogP contribution is 2.19. The van der Waals surface area contributed by atoms with Crippen molar-refractivity contribution < 1.29 is 37.0 Å². The lowest BCUT2D eigenvalue weighted by Gasteiger charge is -2.12. The van der Waals surface area contributed by atoms with Crippen molar-refractivity contribution in [2.75, 3.05) is 32.0 Å². The lowest BCUT2D eigenvalue weighted by Crippen LogP contribution is -2.29. The van der Waals surface area contributed by atoms with Gasteiger partial charge in [-0.3, -0.25) is 10.1 Å². The summed E-state index contributed by atoms with van der Waals surface area (Å²) in [6, 6.07) is 3.52. The maximum absolute atomic E-state index is 13.6. The van der Waals surface area contributed by atoms with E-state index in [1.54, 1.807) is 0 Å². The van der Waals surface area contributed by atoms with E-state index in [0.717, 1.165) is 6.07 Å². The van der Waals surface area contributed by atoms with Crippen molar-refractivity contribution in [2.24, 2.45) is 0 Å². The number of rotatable bonds is 13. The van der Waals surface area contributed by atoms with Crippen LogP contribution in [0.25, 0.3) is 0 Å². The first-order valence-corrected chi connectivity index (χ1v) is 11.0. The number of amides is 3. The zero-order chi connectivity index (χ0) is 22.1. The van der Waals surface area contributed by atoms with Crippen molar-refractivity contribution >= 4 is 27.9 Å². The summed E-state index contributed by atoms with van der Waals surface area (Å²) in [5, 5.41) is 10.8. The lowest BCUT2D eigenvalue weighted by atomic mass is 10.1. The molecule has 1 saturated heterocycles. The Kier molecular flexibility index (Phi) is 8.54. The van der Waals surface area contributed by atoms with Gasteiger partial charge in [0.1, 0.15) is 6.54 Å². The van der Waals surface area contributed by atoms with Gasteiger partial charge in [0.15, 0.2) is 18.2 Å². The van der Waals surface area contributed by atoms with Crippen LogP contribution in [0.5, 0.6) is 5.75 Å². The average molecular weight is 445 g/mol. The van der Waals surface area contributed by atoms with E-state index < -0.39 is 34.4 Å². The largest absolute Gasteiger partial charge is 0.479 e. The van der Waals surface area contributed by atoms with E-state index >= 15 is 0 Å². The number of carboxylic acid groups (broad SMARTS) is 1. The number of ether oxygens (including phenoxy) is 1. The SMILES string of the molecule is O=C(O)COc1cc(CCNS(=O)(=O)CCCCCN2CC(=O)NC2=O)ccc1F. The minimum Gasteiger partial charge on any atom is -0.479 e. The van der Waals surface area contributed by atoms with Crippen LogP contribution in [0, 0.1) is 5.82 Å². The first-order chi connectivity index (χ1) is 14.2. The quantitative estimate of drug-likeness (QED) is 0.296. The summed E-state index contributed by atoms with van der Waals surface area (Å²) >= 11 is 0. The van der Waals surface area contributed by atoms with Crippen molar-refractivity contribution in [3.63, 3.8) is 0 Å². The number of nitrogens with one attached hydrogen (secondary N) is 2. The first kappa shape index (κ1) is 23.5. The number of carbonyl (C=O) groups is 3. The van der Waals surface area contributed by atoms with Crippen LogP contribution in [0.15, 0.2) is 18.2 Å². The summed E-state index contributed by atoms with van der Waals surface area (Å²) in [6.45, 7) is -0.152. The van der Waals surface area contributed by atoms with E-state index in [-0.39, 0.29) is 36.9 Å². The smallest absolute Gasteiger partial charge is 0.341 e. The number of sulfonamides is 1. The Morgan fingerprint density at radius 2 is 2.03 bits per heavy atom. The van der Waals surface area contributed by atoms with Crippen LogP contribution in [-0.2, 0) is 26.0 Å². The zero-order valence-corrected chi connectivity index (χ0v) is 17.0. The predicted octanol–water partition coefficient (Wildman–Crippen LogP) is 0.473. The van der Waals surface area contributed by atoms with Gasteiger partial charge in [0.05, 0.1) is 5.75 Å². The maximum Gasteiger partial charge on any atom is 0.341 e. The van der Waals surface area contributed by atoms with Crippen molar-refractivity contribution in [1.29, 1.82) is 0 Å². The molecule has 3 amide bonds. The van der Waals surface area contributed by atoms with Crippen LogP contribution in [-0.4, -0.2) is 68.3 Å². The zero-order valence-electron chi connectivity index (χ0n) is 16.2. The van der Waals surface area contributed by atoms with Gasteiger partial charge in [-0.15, -0.1) is 0 Å². The number of carbonyl (C=O) groups excluding carboxylic acids is 2. The van der Waals surface area contributed by atoms with Gasteiger partial charge in [0.2, 0.25) is 15.9 Å². The van der Waals surface area contributed by atoms with Crippen molar-refractivity contribution in [3.05, 3.63) is 29.6 Å². The van der Waals surface area contributed by atoms with Crippen LogP contribution in [0.3, 0.4) is 0 Å². The second kappa shape index (κ2) is 10.9. The number of nitrogens with zero attached hydrogens (tertiary/aromatic N) is 1. The number of urea groups is 1. The van der Waals surface area contributed by atoms with E-state index in [4.69, 9.17) is 9.84 Å². The molecule has 0 atom stereocenters. The van der Waals surface area contributed by atoms with E-state index in [1.165, 1.54) is 17.0 Å². The fourth-order valence-corrected chi connectivity index (χ4v) is 3.95. The molecule has 0 saturated carbocycles. The predicted molar refractivity (Wildman–Crippen MR) is 104 cm³/mol. The summed E-state index contributed by atoms with van der Waals surface area (Å²) < 4.78 is 45.0. The summed E-state index contributed by atoms with van der Waals surface area (Å²) in [6.07, 6.45) is 1.86. The lowest BCUT2D eigenvalue weighted by molar-refractivity contribution is -0.139. The minimum atomic E-state index is -3.49. The Hall–Kier alpha value is -2.73. The molecule has 0 aliphatic carbocycles. The Morgan fingerprint density at radius 3 is 2.70 bits per heavy atom. The van der Waals surface area contributed by atoms with Crippen LogP contribution in [0.4, 0.5) is 9.18 Å². The molecule has 12 heteroatoms. The third-order valence-corrected chi connectivity index (χ3v) is 5.76. The number of imide groups is 1. The number of unbranched alkanes of at least 4 members (excludes halogenated alkanes) is 2. The summed E-state index contributed by atoms with van der Waals surface area (Å²) in [5.41, 5.74) is 0.595. The molecule has 30 heavy (non-hydrogen) atoms. The topological polar surface area (TPSA) is 142 Å².